The van der Waals surface area contributed by atoms with Crippen molar-refractivity contribution >= 4 is 5.78 Å². The van der Waals surface area contributed by atoms with Gasteiger partial charge in [0.15, 0.2) is 5.78 Å². The Labute approximate surface area is 113 Å². The Morgan fingerprint density at radius 3 is 3.11 bits per heavy atom. The van der Waals surface area contributed by atoms with E-state index in [2.05, 4.69) is 5.32 Å². The quantitative estimate of drug-likeness (QED) is 0.836. The van der Waals surface area contributed by atoms with Crippen molar-refractivity contribution in [2.75, 3.05) is 26.9 Å². The van der Waals surface area contributed by atoms with E-state index in [0.29, 0.717) is 25.4 Å². The molecular weight excluding hydrogens is 242 g/mol. The summed E-state index contributed by atoms with van der Waals surface area (Å²) >= 11 is 0. The number of carbonyl (C=O) groups excluding carboxylic acids is 1. The number of hydrogen-bond donors (Lipinski definition) is 1. The minimum absolute atomic E-state index is 0.104. The first-order valence-electron chi connectivity index (χ1n) is 6.85. The van der Waals surface area contributed by atoms with Gasteiger partial charge in [0.2, 0.25) is 0 Å². The molecule has 4 nitrogen and oxygen atoms in total. The molecule has 1 fully saturated rings. The van der Waals surface area contributed by atoms with Gasteiger partial charge in [-0.25, -0.2) is 0 Å². The molecule has 2 aliphatic heterocycles. The Balaban J connectivity index is 1.91. The second kappa shape index (κ2) is 5.31. The fraction of sp³-hybridized carbons (Fsp3) is 0.533. The van der Waals surface area contributed by atoms with Gasteiger partial charge in [0.05, 0.1) is 31.3 Å². The molecule has 19 heavy (non-hydrogen) atoms. The number of ether oxygens (including phenoxy) is 2. The van der Waals surface area contributed by atoms with Gasteiger partial charge in [0, 0.05) is 6.04 Å². The number of fused-ring (bicyclic) bond motifs is 1. The van der Waals surface area contributed by atoms with Crippen LogP contribution in [0.5, 0.6) is 5.75 Å². The van der Waals surface area contributed by atoms with E-state index in [1.54, 1.807) is 0 Å². The highest BCUT2D eigenvalue weighted by molar-refractivity contribution is 6.01. The van der Waals surface area contributed by atoms with Gasteiger partial charge < -0.3 is 14.8 Å². The summed E-state index contributed by atoms with van der Waals surface area (Å²) in [5.41, 5.74) is 1.87. The highest BCUT2D eigenvalue weighted by Crippen LogP contribution is 2.32. The van der Waals surface area contributed by atoms with E-state index in [4.69, 9.17) is 9.47 Å². The van der Waals surface area contributed by atoms with Crippen LogP contribution < -0.4 is 10.1 Å². The number of Topliss-reactive ketones (excluding diaryl/α,β-unsaturated/α-hetero) is 1. The fourth-order valence-corrected chi connectivity index (χ4v) is 2.88. The van der Waals surface area contributed by atoms with Crippen LogP contribution in [0.3, 0.4) is 0 Å². The Morgan fingerprint density at radius 2 is 2.26 bits per heavy atom. The molecule has 2 atom stereocenters. The lowest BCUT2D eigenvalue weighted by molar-refractivity contribution is 0.0887. The zero-order valence-corrected chi connectivity index (χ0v) is 11.1. The summed E-state index contributed by atoms with van der Waals surface area (Å²) in [6.07, 6.45) is 2.02. The molecular formula is C15H19NO3. The van der Waals surface area contributed by atoms with Crippen molar-refractivity contribution in [2.24, 2.45) is 5.92 Å². The van der Waals surface area contributed by atoms with Gasteiger partial charge in [-0.15, -0.1) is 0 Å². The molecule has 1 saturated heterocycles. The SMILES string of the molecule is CNC1COCC1C(=O)c1cccc2c1OCCC2. The Bertz CT molecular complexity index is 486. The largest absolute Gasteiger partial charge is 0.493 e. The number of rotatable bonds is 3. The van der Waals surface area contributed by atoms with E-state index in [1.165, 1.54) is 0 Å². The van der Waals surface area contributed by atoms with Crippen LogP contribution in [0.4, 0.5) is 0 Å². The third-order valence-electron chi connectivity index (χ3n) is 3.99. The van der Waals surface area contributed by atoms with Crippen molar-refractivity contribution in [2.45, 2.75) is 18.9 Å². The number of ketones is 1. The Kier molecular flexibility index (Phi) is 3.53. The first-order chi connectivity index (χ1) is 9.31. The second-order valence-corrected chi connectivity index (χ2v) is 5.15. The normalized spacial score (nSPS) is 25.7. The van der Waals surface area contributed by atoms with Gasteiger partial charge in [-0.1, -0.05) is 12.1 Å². The summed E-state index contributed by atoms with van der Waals surface area (Å²) in [5, 5.41) is 3.16. The zero-order valence-electron chi connectivity index (χ0n) is 11.1. The minimum Gasteiger partial charge on any atom is -0.493 e. The lowest BCUT2D eigenvalue weighted by Crippen LogP contribution is -2.37. The Hall–Kier alpha value is -1.39. The summed E-state index contributed by atoms with van der Waals surface area (Å²) in [6.45, 7) is 1.80. The lowest BCUT2D eigenvalue weighted by Gasteiger charge is -2.22. The van der Waals surface area contributed by atoms with Crippen LogP contribution in [0.1, 0.15) is 22.3 Å². The molecule has 0 spiro atoms. The van der Waals surface area contributed by atoms with Gasteiger partial charge in [-0.2, -0.15) is 0 Å². The lowest BCUT2D eigenvalue weighted by atomic mass is 9.90. The number of aryl methyl sites for hydroxylation is 1. The molecule has 1 N–H and O–H groups in total. The van der Waals surface area contributed by atoms with Crippen LogP contribution in [0.15, 0.2) is 18.2 Å². The zero-order chi connectivity index (χ0) is 13.2. The molecule has 102 valence electrons. The predicted octanol–water partition coefficient (Wildman–Crippen LogP) is 1.43. The van der Waals surface area contributed by atoms with Gasteiger partial charge in [-0.05, 0) is 31.5 Å². The third kappa shape index (κ3) is 2.26. The van der Waals surface area contributed by atoms with E-state index in [1.807, 2.05) is 25.2 Å². The van der Waals surface area contributed by atoms with E-state index >= 15 is 0 Å². The maximum absolute atomic E-state index is 12.7. The first kappa shape index (κ1) is 12.6. The van der Waals surface area contributed by atoms with Crippen molar-refractivity contribution in [1.29, 1.82) is 0 Å². The molecule has 2 heterocycles. The highest BCUT2D eigenvalue weighted by Gasteiger charge is 2.35. The van der Waals surface area contributed by atoms with Crippen LogP contribution in [0.25, 0.3) is 0 Å². The van der Waals surface area contributed by atoms with Gasteiger partial charge in [0.1, 0.15) is 5.75 Å². The van der Waals surface area contributed by atoms with Gasteiger partial charge in [-0.3, -0.25) is 4.79 Å². The van der Waals surface area contributed by atoms with E-state index in [-0.39, 0.29) is 17.7 Å². The van der Waals surface area contributed by atoms with Crippen molar-refractivity contribution in [1.82, 2.24) is 5.32 Å². The molecule has 0 bridgehead atoms. The molecule has 1 aromatic rings. The fourth-order valence-electron chi connectivity index (χ4n) is 2.88. The molecule has 0 saturated carbocycles. The van der Waals surface area contributed by atoms with Crippen molar-refractivity contribution in [3.8, 4) is 5.75 Å². The molecule has 1 aromatic carbocycles. The smallest absolute Gasteiger partial charge is 0.173 e. The first-order valence-corrected chi connectivity index (χ1v) is 6.85. The standard InChI is InChI=1S/C15H19NO3/c1-16-13-9-18-8-12(13)14(17)11-6-2-4-10-5-3-7-19-15(10)11/h2,4,6,12-13,16H,3,5,7-9H2,1H3. The Morgan fingerprint density at radius 1 is 1.37 bits per heavy atom. The van der Waals surface area contributed by atoms with Crippen LogP contribution in [0, 0.1) is 5.92 Å². The average Bonchev–Trinajstić information content (AvgIpc) is 2.94. The number of nitrogens with one attached hydrogen (secondary N) is 1. The minimum atomic E-state index is -0.109. The summed E-state index contributed by atoms with van der Waals surface area (Å²) in [5.74, 6) is 0.818. The molecule has 0 aliphatic carbocycles. The highest BCUT2D eigenvalue weighted by atomic mass is 16.5. The maximum Gasteiger partial charge on any atom is 0.173 e. The molecule has 0 amide bonds. The molecule has 2 unspecified atom stereocenters. The van der Waals surface area contributed by atoms with Crippen LogP contribution >= 0.6 is 0 Å². The number of carbonyl (C=O) groups is 1. The van der Waals surface area contributed by atoms with E-state index < -0.39 is 0 Å². The average molecular weight is 261 g/mol. The predicted molar refractivity (Wildman–Crippen MR) is 71.7 cm³/mol. The van der Waals surface area contributed by atoms with E-state index in [0.717, 1.165) is 24.2 Å². The van der Waals surface area contributed by atoms with Crippen molar-refractivity contribution < 1.29 is 14.3 Å². The summed E-state index contributed by atoms with van der Waals surface area (Å²) in [4.78, 5) is 12.7. The molecule has 0 radical (unpaired) electrons. The van der Waals surface area contributed by atoms with Crippen LogP contribution in [-0.4, -0.2) is 38.7 Å². The molecule has 4 heteroatoms. The number of hydrogen-bond acceptors (Lipinski definition) is 4. The summed E-state index contributed by atoms with van der Waals surface area (Å²) < 4.78 is 11.1. The second-order valence-electron chi connectivity index (χ2n) is 5.15. The van der Waals surface area contributed by atoms with Crippen LogP contribution in [0.2, 0.25) is 0 Å². The molecule has 2 aliphatic rings. The summed E-state index contributed by atoms with van der Waals surface area (Å²) in [7, 11) is 1.87. The van der Waals surface area contributed by atoms with Crippen molar-refractivity contribution in [3.63, 3.8) is 0 Å². The molecule has 0 aromatic heterocycles. The van der Waals surface area contributed by atoms with Crippen LogP contribution in [-0.2, 0) is 11.2 Å². The monoisotopic (exact) mass is 261 g/mol. The topological polar surface area (TPSA) is 47.6 Å². The third-order valence-corrected chi connectivity index (χ3v) is 3.99. The van der Waals surface area contributed by atoms with E-state index in [9.17, 15) is 4.79 Å². The summed E-state index contributed by atoms with van der Waals surface area (Å²) in [6, 6.07) is 5.97. The molecule has 3 rings (SSSR count). The number of likely N-dealkylation sites (N-methyl/N-ethyl adjacent to an activating group) is 1. The van der Waals surface area contributed by atoms with Gasteiger partial charge >= 0.3 is 0 Å². The number of para-hydroxylation sites is 1. The maximum atomic E-state index is 12.7. The number of benzene rings is 1. The van der Waals surface area contributed by atoms with Crippen molar-refractivity contribution in [3.05, 3.63) is 29.3 Å². The van der Waals surface area contributed by atoms with Gasteiger partial charge in [0.25, 0.3) is 0 Å².